The molecule has 1 rings (SSSR count). The predicted octanol–water partition coefficient (Wildman–Crippen LogP) is 3.45. The molecule has 1 aromatic rings. The second-order valence-corrected chi connectivity index (χ2v) is 4.66. The summed E-state index contributed by atoms with van der Waals surface area (Å²) in [5.41, 5.74) is 0. The average Bonchev–Trinajstić information content (AvgIpc) is 2.26. The Balaban J connectivity index is 2.21. The molecule has 0 fully saturated rings. The Morgan fingerprint density at radius 3 is 2.75 bits per heavy atom. The molecule has 1 aromatic carbocycles. The summed E-state index contributed by atoms with van der Waals surface area (Å²) in [6.07, 6.45) is 2.11. The molecule has 0 aliphatic carbocycles. The van der Waals surface area contributed by atoms with Crippen LogP contribution < -0.4 is 5.32 Å². The smallest absolute Gasteiger partial charge is 0.139 e. The number of hydrogen-bond donors (Lipinski definition) is 1. The molecule has 0 saturated carbocycles. The van der Waals surface area contributed by atoms with Crippen molar-refractivity contribution in [2.24, 2.45) is 0 Å². The lowest BCUT2D eigenvalue weighted by Gasteiger charge is -2.04. The van der Waals surface area contributed by atoms with Gasteiger partial charge in [0.2, 0.25) is 0 Å². The largest absolute Gasteiger partial charge is 0.317 e. The van der Waals surface area contributed by atoms with Crippen molar-refractivity contribution >= 4 is 11.8 Å². The minimum absolute atomic E-state index is 0.466. The highest BCUT2D eigenvalue weighted by atomic mass is 32.2. The fourth-order valence-electron chi connectivity index (χ4n) is 1.27. The molecule has 4 heteroatoms. The molecule has 0 spiro atoms. The number of halogens is 2. The molecule has 0 aliphatic heterocycles. The highest BCUT2D eigenvalue weighted by molar-refractivity contribution is 7.99. The van der Waals surface area contributed by atoms with Crippen LogP contribution in [0.5, 0.6) is 0 Å². The van der Waals surface area contributed by atoms with E-state index in [2.05, 4.69) is 12.2 Å². The predicted molar refractivity (Wildman–Crippen MR) is 64.9 cm³/mol. The molecule has 16 heavy (non-hydrogen) atoms. The summed E-state index contributed by atoms with van der Waals surface area (Å²) in [7, 11) is 0. The lowest BCUT2D eigenvalue weighted by Crippen LogP contribution is -2.16. The lowest BCUT2D eigenvalue weighted by molar-refractivity contribution is 0.565. The van der Waals surface area contributed by atoms with Crippen LogP contribution in [0.4, 0.5) is 8.78 Å². The van der Waals surface area contributed by atoms with Gasteiger partial charge in [0.15, 0.2) is 0 Å². The van der Waals surface area contributed by atoms with E-state index in [0.29, 0.717) is 4.90 Å². The minimum atomic E-state index is -0.522. The van der Waals surface area contributed by atoms with Crippen LogP contribution in [0.15, 0.2) is 23.1 Å². The molecule has 0 heterocycles. The first-order valence-corrected chi connectivity index (χ1v) is 6.51. The summed E-state index contributed by atoms with van der Waals surface area (Å²) < 4.78 is 25.8. The summed E-state index contributed by atoms with van der Waals surface area (Å²) >= 11 is 1.43. The van der Waals surface area contributed by atoms with E-state index in [-0.39, 0.29) is 0 Å². The number of nitrogens with one attached hydrogen (secondary N) is 1. The SMILES string of the molecule is CCCNCCCSc1ccc(F)cc1F. The molecule has 0 amide bonds. The summed E-state index contributed by atoms with van der Waals surface area (Å²) in [6.45, 7) is 4.09. The molecule has 0 bridgehead atoms. The van der Waals surface area contributed by atoms with Gasteiger partial charge in [-0.25, -0.2) is 8.78 Å². The average molecular weight is 245 g/mol. The molecule has 0 unspecified atom stereocenters. The van der Waals surface area contributed by atoms with Crippen molar-refractivity contribution in [1.29, 1.82) is 0 Å². The molecule has 90 valence electrons. The van der Waals surface area contributed by atoms with Gasteiger partial charge in [-0.05, 0) is 43.8 Å². The van der Waals surface area contributed by atoms with Crippen molar-refractivity contribution in [3.63, 3.8) is 0 Å². The van der Waals surface area contributed by atoms with Crippen molar-refractivity contribution in [2.45, 2.75) is 24.7 Å². The molecule has 0 aromatic heterocycles. The lowest BCUT2D eigenvalue weighted by atomic mass is 10.3. The Morgan fingerprint density at radius 1 is 1.25 bits per heavy atom. The van der Waals surface area contributed by atoms with Gasteiger partial charge in [-0.3, -0.25) is 0 Å². The number of thioether (sulfide) groups is 1. The first-order valence-electron chi connectivity index (χ1n) is 5.52. The number of benzene rings is 1. The first kappa shape index (κ1) is 13.5. The van der Waals surface area contributed by atoms with E-state index in [1.165, 1.54) is 23.9 Å². The van der Waals surface area contributed by atoms with Crippen LogP contribution in [0.3, 0.4) is 0 Å². The van der Waals surface area contributed by atoms with Gasteiger partial charge >= 0.3 is 0 Å². The Labute approximate surface area is 99.6 Å². The standard InChI is InChI=1S/C12H17F2NS/c1-2-6-15-7-3-8-16-12-5-4-10(13)9-11(12)14/h4-5,9,15H,2-3,6-8H2,1H3. The third-order valence-corrected chi connectivity index (χ3v) is 3.21. The van der Waals surface area contributed by atoms with Gasteiger partial charge in [-0.1, -0.05) is 6.92 Å². The second-order valence-electron chi connectivity index (χ2n) is 3.53. The van der Waals surface area contributed by atoms with E-state index in [0.717, 1.165) is 37.8 Å². The van der Waals surface area contributed by atoms with Crippen LogP contribution in [0.2, 0.25) is 0 Å². The Bertz CT molecular complexity index is 318. The zero-order chi connectivity index (χ0) is 11.8. The third-order valence-electron chi connectivity index (χ3n) is 2.08. The summed E-state index contributed by atoms with van der Waals surface area (Å²) in [5.74, 6) is -0.141. The van der Waals surface area contributed by atoms with E-state index in [1.807, 2.05) is 0 Å². The van der Waals surface area contributed by atoms with Crippen molar-refractivity contribution in [3.05, 3.63) is 29.8 Å². The van der Waals surface area contributed by atoms with Crippen LogP contribution in [0, 0.1) is 11.6 Å². The van der Waals surface area contributed by atoms with Gasteiger partial charge in [0, 0.05) is 11.0 Å². The van der Waals surface area contributed by atoms with Gasteiger partial charge in [-0.2, -0.15) is 0 Å². The molecule has 0 radical (unpaired) electrons. The van der Waals surface area contributed by atoms with Crippen LogP contribution in [-0.4, -0.2) is 18.8 Å². The quantitative estimate of drug-likeness (QED) is 0.583. The van der Waals surface area contributed by atoms with Crippen molar-refractivity contribution < 1.29 is 8.78 Å². The molecule has 1 N–H and O–H groups in total. The second kappa shape index (κ2) is 7.63. The fourth-order valence-corrected chi connectivity index (χ4v) is 2.14. The highest BCUT2D eigenvalue weighted by Crippen LogP contribution is 2.22. The maximum atomic E-state index is 13.2. The normalized spacial score (nSPS) is 10.7. The van der Waals surface area contributed by atoms with Crippen LogP contribution in [0.25, 0.3) is 0 Å². The van der Waals surface area contributed by atoms with Gasteiger partial charge in [0.1, 0.15) is 11.6 Å². The summed E-state index contributed by atoms with van der Waals surface area (Å²) in [6, 6.07) is 3.72. The minimum Gasteiger partial charge on any atom is -0.317 e. The van der Waals surface area contributed by atoms with E-state index in [9.17, 15) is 8.78 Å². The Morgan fingerprint density at radius 2 is 2.06 bits per heavy atom. The maximum absolute atomic E-state index is 13.2. The van der Waals surface area contributed by atoms with Gasteiger partial charge in [0.25, 0.3) is 0 Å². The van der Waals surface area contributed by atoms with Crippen LogP contribution in [0.1, 0.15) is 19.8 Å². The van der Waals surface area contributed by atoms with E-state index in [1.54, 1.807) is 0 Å². The first-order chi connectivity index (χ1) is 7.74. The Kier molecular flexibility index (Phi) is 6.42. The molecule has 0 atom stereocenters. The van der Waals surface area contributed by atoms with Gasteiger partial charge in [0.05, 0.1) is 0 Å². The molecule has 0 saturated heterocycles. The van der Waals surface area contributed by atoms with E-state index < -0.39 is 11.6 Å². The third kappa shape index (κ3) is 4.94. The molecule has 0 aliphatic rings. The van der Waals surface area contributed by atoms with Crippen molar-refractivity contribution in [1.82, 2.24) is 5.32 Å². The van der Waals surface area contributed by atoms with Crippen molar-refractivity contribution in [2.75, 3.05) is 18.8 Å². The van der Waals surface area contributed by atoms with Gasteiger partial charge in [-0.15, -0.1) is 11.8 Å². The number of hydrogen-bond acceptors (Lipinski definition) is 2. The monoisotopic (exact) mass is 245 g/mol. The Hall–Kier alpha value is -0.610. The maximum Gasteiger partial charge on any atom is 0.139 e. The van der Waals surface area contributed by atoms with E-state index >= 15 is 0 Å². The summed E-state index contributed by atoms with van der Waals surface area (Å²) in [5, 5.41) is 3.28. The van der Waals surface area contributed by atoms with E-state index in [4.69, 9.17) is 0 Å². The zero-order valence-corrected chi connectivity index (χ0v) is 10.2. The number of rotatable bonds is 7. The van der Waals surface area contributed by atoms with Crippen LogP contribution in [-0.2, 0) is 0 Å². The van der Waals surface area contributed by atoms with Crippen LogP contribution >= 0.6 is 11.8 Å². The molecular weight excluding hydrogens is 228 g/mol. The highest BCUT2D eigenvalue weighted by Gasteiger charge is 2.03. The molecule has 1 nitrogen and oxygen atoms in total. The summed E-state index contributed by atoms with van der Waals surface area (Å²) in [4.78, 5) is 0.525. The zero-order valence-electron chi connectivity index (χ0n) is 9.43. The molecular formula is C12H17F2NS. The van der Waals surface area contributed by atoms with Gasteiger partial charge < -0.3 is 5.32 Å². The topological polar surface area (TPSA) is 12.0 Å². The van der Waals surface area contributed by atoms with Crippen molar-refractivity contribution in [3.8, 4) is 0 Å². The fraction of sp³-hybridized carbons (Fsp3) is 0.500.